The van der Waals surface area contributed by atoms with Crippen molar-refractivity contribution in [3.05, 3.63) is 16.3 Å². The molecule has 1 aromatic heterocycles. The van der Waals surface area contributed by atoms with E-state index in [0.717, 1.165) is 11.3 Å². The Bertz CT molecular complexity index is 442. The van der Waals surface area contributed by atoms with E-state index in [1.165, 1.54) is 6.07 Å². The van der Waals surface area contributed by atoms with Gasteiger partial charge in [-0.3, -0.25) is 4.79 Å². The van der Waals surface area contributed by atoms with E-state index in [0.29, 0.717) is 41.2 Å². The molecule has 2 atom stereocenters. The molecule has 8 heteroatoms. The van der Waals surface area contributed by atoms with Gasteiger partial charge in [-0.1, -0.05) is 11.8 Å². The topological polar surface area (TPSA) is 61.4 Å². The SMILES string of the molecule is O=C(NCC1CNCC1O)c1sccc1SC(F)F. The van der Waals surface area contributed by atoms with Crippen molar-refractivity contribution in [3.63, 3.8) is 0 Å². The van der Waals surface area contributed by atoms with E-state index >= 15 is 0 Å². The summed E-state index contributed by atoms with van der Waals surface area (Å²) in [4.78, 5) is 12.5. The van der Waals surface area contributed by atoms with Crippen molar-refractivity contribution in [2.75, 3.05) is 19.6 Å². The molecule has 1 aliphatic rings. The van der Waals surface area contributed by atoms with E-state index in [-0.39, 0.29) is 11.8 Å². The third-order valence-electron chi connectivity index (χ3n) is 2.88. The smallest absolute Gasteiger partial charge is 0.288 e. The van der Waals surface area contributed by atoms with Crippen molar-refractivity contribution in [1.82, 2.24) is 10.6 Å². The van der Waals surface area contributed by atoms with Gasteiger partial charge in [0.25, 0.3) is 11.7 Å². The Kier molecular flexibility index (Phi) is 5.14. The highest BCUT2D eigenvalue weighted by Gasteiger charge is 2.26. The number of aliphatic hydroxyl groups is 1. The van der Waals surface area contributed by atoms with Crippen LogP contribution in [0.3, 0.4) is 0 Å². The number of rotatable bonds is 5. The van der Waals surface area contributed by atoms with E-state index in [4.69, 9.17) is 0 Å². The van der Waals surface area contributed by atoms with Crippen LogP contribution in [0.5, 0.6) is 0 Å². The van der Waals surface area contributed by atoms with Gasteiger partial charge in [-0.25, -0.2) is 0 Å². The number of β-amino-alcohol motifs (C(OH)–C–C–N with tert-alkyl or cyclic N) is 1. The molecule has 1 saturated heterocycles. The Balaban J connectivity index is 1.91. The number of aliphatic hydroxyl groups excluding tert-OH is 1. The Morgan fingerprint density at radius 3 is 3.05 bits per heavy atom. The highest BCUT2D eigenvalue weighted by molar-refractivity contribution is 7.99. The Hall–Kier alpha value is -0.700. The van der Waals surface area contributed by atoms with Gasteiger partial charge < -0.3 is 15.7 Å². The molecule has 1 aliphatic heterocycles. The minimum atomic E-state index is -2.54. The van der Waals surface area contributed by atoms with Gasteiger partial charge in [-0.15, -0.1) is 11.3 Å². The van der Waals surface area contributed by atoms with Gasteiger partial charge in [0.05, 0.1) is 6.10 Å². The van der Waals surface area contributed by atoms with Crippen LogP contribution in [0.2, 0.25) is 0 Å². The summed E-state index contributed by atoms with van der Waals surface area (Å²) in [5.41, 5.74) is 0. The summed E-state index contributed by atoms with van der Waals surface area (Å²) < 4.78 is 24.6. The molecule has 0 spiro atoms. The summed E-state index contributed by atoms with van der Waals surface area (Å²) in [6, 6.07) is 1.52. The molecule has 2 unspecified atom stereocenters. The van der Waals surface area contributed by atoms with Crippen LogP contribution >= 0.6 is 23.1 Å². The first kappa shape index (κ1) is 14.7. The molecule has 19 heavy (non-hydrogen) atoms. The van der Waals surface area contributed by atoms with Crippen molar-refractivity contribution in [2.24, 2.45) is 5.92 Å². The highest BCUT2D eigenvalue weighted by Crippen LogP contribution is 2.31. The number of halogens is 2. The number of thiophene rings is 1. The van der Waals surface area contributed by atoms with Gasteiger partial charge in [0, 0.05) is 30.4 Å². The fourth-order valence-corrected chi connectivity index (χ4v) is 3.50. The van der Waals surface area contributed by atoms with Gasteiger partial charge in [0.15, 0.2) is 0 Å². The van der Waals surface area contributed by atoms with Crippen molar-refractivity contribution >= 4 is 29.0 Å². The first-order valence-electron chi connectivity index (χ1n) is 5.77. The van der Waals surface area contributed by atoms with Gasteiger partial charge in [0.1, 0.15) is 4.88 Å². The molecule has 2 rings (SSSR count). The molecule has 0 saturated carbocycles. The lowest BCUT2D eigenvalue weighted by Gasteiger charge is -2.14. The summed E-state index contributed by atoms with van der Waals surface area (Å²) in [6.07, 6.45) is -0.474. The number of alkyl halides is 2. The van der Waals surface area contributed by atoms with Crippen LogP contribution < -0.4 is 10.6 Å². The third kappa shape index (κ3) is 3.88. The van der Waals surface area contributed by atoms with Crippen molar-refractivity contribution in [3.8, 4) is 0 Å². The van der Waals surface area contributed by atoms with Crippen LogP contribution in [-0.2, 0) is 0 Å². The number of hydrogen-bond donors (Lipinski definition) is 3. The zero-order valence-corrected chi connectivity index (χ0v) is 11.6. The second-order valence-corrected chi connectivity index (χ2v) is 6.14. The predicted molar refractivity (Wildman–Crippen MR) is 70.9 cm³/mol. The first-order valence-corrected chi connectivity index (χ1v) is 7.53. The molecule has 106 valence electrons. The lowest BCUT2D eigenvalue weighted by Crippen LogP contribution is -2.34. The molecule has 3 N–H and O–H groups in total. The second-order valence-electron chi connectivity index (χ2n) is 4.19. The Labute approximate surface area is 117 Å². The minimum absolute atomic E-state index is 0.0323. The summed E-state index contributed by atoms with van der Waals surface area (Å²) in [7, 11) is 0. The molecule has 4 nitrogen and oxygen atoms in total. The van der Waals surface area contributed by atoms with E-state index in [1.807, 2.05) is 0 Å². The van der Waals surface area contributed by atoms with E-state index in [9.17, 15) is 18.7 Å². The molecule has 0 aliphatic carbocycles. The third-order valence-corrected chi connectivity index (χ3v) is 4.70. The second kappa shape index (κ2) is 6.65. The summed E-state index contributed by atoms with van der Waals surface area (Å²) in [6.45, 7) is 1.50. The number of amides is 1. The van der Waals surface area contributed by atoms with Crippen LogP contribution in [-0.4, -0.2) is 42.5 Å². The Morgan fingerprint density at radius 2 is 2.42 bits per heavy atom. The Morgan fingerprint density at radius 1 is 1.63 bits per heavy atom. The highest BCUT2D eigenvalue weighted by atomic mass is 32.2. The molecule has 1 amide bonds. The van der Waals surface area contributed by atoms with Crippen LogP contribution in [0.1, 0.15) is 9.67 Å². The van der Waals surface area contributed by atoms with Crippen LogP contribution in [0.4, 0.5) is 8.78 Å². The van der Waals surface area contributed by atoms with Gasteiger partial charge >= 0.3 is 0 Å². The molecular formula is C11H14F2N2O2S2. The number of thioether (sulfide) groups is 1. The van der Waals surface area contributed by atoms with Crippen molar-refractivity contribution in [2.45, 2.75) is 16.8 Å². The predicted octanol–water partition coefficient (Wildman–Crippen LogP) is 1.37. The maximum Gasteiger partial charge on any atom is 0.288 e. The van der Waals surface area contributed by atoms with Crippen LogP contribution in [0.25, 0.3) is 0 Å². The van der Waals surface area contributed by atoms with Crippen molar-refractivity contribution in [1.29, 1.82) is 0 Å². The molecule has 0 radical (unpaired) electrons. The number of carbonyl (C=O) groups excluding carboxylic acids is 1. The monoisotopic (exact) mass is 308 g/mol. The number of nitrogens with one attached hydrogen (secondary N) is 2. The zero-order chi connectivity index (χ0) is 13.8. The standard InChI is InChI=1S/C11H14F2N2O2S2/c12-11(13)19-8-1-2-18-9(8)10(17)15-4-6-3-14-5-7(6)16/h1-2,6-7,11,14,16H,3-5H2,(H,15,17). The fourth-order valence-electron chi connectivity index (χ4n) is 1.88. The van der Waals surface area contributed by atoms with Crippen LogP contribution in [0.15, 0.2) is 16.3 Å². The van der Waals surface area contributed by atoms with Gasteiger partial charge in [-0.05, 0) is 11.4 Å². The zero-order valence-electron chi connectivity index (χ0n) is 9.94. The van der Waals surface area contributed by atoms with Crippen molar-refractivity contribution < 1.29 is 18.7 Å². The fraction of sp³-hybridized carbons (Fsp3) is 0.545. The maximum absolute atomic E-state index is 12.3. The maximum atomic E-state index is 12.3. The van der Waals surface area contributed by atoms with E-state index in [2.05, 4.69) is 10.6 Å². The molecule has 1 aromatic rings. The summed E-state index contributed by atoms with van der Waals surface area (Å²) in [5, 5.41) is 16.9. The largest absolute Gasteiger partial charge is 0.391 e. The lowest BCUT2D eigenvalue weighted by molar-refractivity contribution is 0.0928. The molecule has 1 fully saturated rings. The molecular weight excluding hydrogens is 294 g/mol. The minimum Gasteiger partial charge on any atom is -0.391 e. The lowest BCUT2D eigenvalue weighted by atomic mass is 10.1. The van der Waals surface area contributed by atoms with Crippen LogP contribution in [0, 0.1) is 5.92 Å². The number of hydrogen-bond acceptors (Lipinski definition) is 5. The van der Waals surface area contributed by atoms with Gasteiger partial charge in [-0.2, -0.15) is 8.78 Å². The average molecular weight is 308 g/mol. The summed E-state index contributed by atoms with van der Waals surface area (Å²) >= 11 is 1.51. The summed E-state index contributed by atoms with van der Waals surface area (Å²) in [5.74, 6) is -2.94. The normalized spacial score (nSPS) is 22.9. The molecule has 0 aromatic carbocycles. The average Bonchev–Trinajstić information content (AvgIpc) is 2.95. The first-order chi connectivity index (χ1) is 9.08. The molecule has 2 heterocycles. The van der Waals surface area contributed by atoms with Gasteiger partial charge in [0.2, 0.25) is 0 Å². The van der Waals surface area contributed by atoms with E-state index < -0.39 is 11.9 Å². The quantitative estimate of drug-likeness (QED) is 0.719. The van der Waals surface area contributed by atoms with E-state index in [1.54, 1.807) is 5.38 Å². The molecule has 0 bridgehead atoms. The number of carbonyl (C=O) groups is 1.